The molecule has 1 aromatic rings. The Labute approximate surface area is 113 Å². The Kier molecular flexibility index (Phi) is 4.71. The van der Waals surface area contributed by atoms with Gasteiger partial charge in [-0.15, -0.1) is 0 Å². The van der Waals surface area contributed by atoms with Crippen molar-refractivity contribution in [2.75, 3.05) is 13.6 Å². The highest BCUT2D eigenvalue weighted by Gasteiger charge is 2.36. The average Bonchev–Trinajstić information content (AvgIpc) is 2.36. The predicted octanol–water partition coefficient (Wildman–Crippen LogP) is 3.08. The fourth-order valence-electron chi connectivity index (χ4n) is 1.66. The van der Waals surface area contributed by atoms with Crippen LogP contribution in [0.1, 0.15) is 22.8 Å². The van der Waals surface area contributed by atoms with E-state index in [1.807, 2.05) is 6.07 Å². The van der Waals surface area contributed by atoms with Crippen LogP contribution in [0.25, 0.3) is 0 Å². The SMILES string of the molecule is CC(C#N)CN(C)C(=O)c1cccc(C(F)(F)F)c1F. The molecule has 108 valence electrons. The molecule has 0 bridgehead atoms. The van der Waals surface area contributed by atoms with Crippen molar-refractivity contribution >= 4 is 5.91 Å². The standard InChI is InChI=1S/C13H12F4N2O/c1-8(6-18)7-19(2)12(20)9-4-3-5-10(11(9)14)13(15,16)17/h3-5,8H,7H2,1-2H3. The summed E-state index contributed by atoms with van der Waals surface area (Å²) < 4.78 is 51.4. The number of nitriles is 1. The van der Waals surface area contributed by atoms with Crippen LogP contribution >= 0.6 is 0 Å². The van der Waals surface area contributed by atoms with Gasteiger partial charge in [0.15, 0.2) is 0 Å². The predicted molar refractivity (Wildman–Crippen MR) is 63.1 cm³/mol. The summed E-state index contributed by atoms with van der Waals surface area (Å²) in [6.07, 6.45) is -4.86. The lowest BCUT2D eigenvalue weighted by molar-refractivity contribution is -0.140. The van der Waals surface area contributed by atoms with Crippen LogP contribution in [0.4, 0.5) is 17.6 Å². The van der Waals surface area contributed by atoms with Crippen molar-refractivity contribution in [3.63, 3.8) is 0 Å². The molecule has 0 aliphatic rings. The minimum atomic E-state index is -4.86. The first-order valence-corrected chi connectivity index (χ1v) is 5.69. The Morgan fingerprint density at radius 3 is 2.55 bits per heavy atom. The van der Waals surface area contributed by atoms with Crippen molar-refractivity contribution in [1.82, 2.24) is 4.90 Å². The molecule has 1 aromatic carbocycles. The van der Waals surface area contributed by atoms with Crippen molar-refractivity contribution in [1.29, 1.82) is 5.26 Å². The smallest absolute Gasteiger partial charge is 0.340 e. The second-order valence-electron chi connectivity index (χ2n) is 4.38. The molecular weight excluding hydrogens is 276 g/mol. The summed E-state index contributed by atoms with van der Waals surface area (Å²) in [7, 11) is 1.30. The Bertz CT molecular complexity index is 548. The van der Waals surface area contributed by atoms with Gasteiger partial charge in [0.05, 0.1) is 23.1 Å². The van der Waals surface area contributed by atoms with Gasteiger partial charge in [0.1, 0.15) is 5.82 Å². The summed E-state index contributed by atoms with van der Waals surface area (Å²) in [5.41, 5.74) is -2.14. The van der Waals surface area contributed by atoms with E-state index in [1.54, 1.807) is 6.92 Å². The van der Waals surface area contributed by atoms with Gasteiger partial charge in [0, 0.05) is 13.6 Å². The van der Waals surface area contributed by atoms with Gasteiger partial charge < -0.3 is 4.90 Å². The second kappa shape index (κ2) is 5.90. The molecule has 7 heteroatoms. The molecule has 0 N–H and O–H groups in total. The third kappa shape index (κ3) is 3.47. The summed E-state index contributed by atoms with van der Waals surface area (Å²) in [6.45, 7) is 1.55. The van der Waals surface area contributed by atoms with Crippen LogP contribution in [0, 0.1) is 23.1 Å². The molecule has 0 spiro atoms. The Morgan fingerprint density at radius 1 is 1.45 bits per heavy atom. The van der Waals surface area contributed by atoms with Crippen molar-refractivity contribution < 1.29 is 22.4 Å². The third-order valence-corrected chi connectivity index (χ3v) is 2.65. The largest absolute Gasteiger partial charge is 0.419 e. The van der Waals surface area contributed by atoms with E-state index in [0.717, 1.165) is 17.0 Å². The molecule has 1 atom stereocenters. The maximum atomic E-state index is 13.8. The second-order valence-corrected chi connectivity index (χ2v) is 4.38. The Morgan fingerprint density at radius 2 is 2.05 bits per heavy atom. The van der Waals surface area contributed by atoms with E-state index in [0.29, 0.717) is 6.07 Å². The summed E-state index contributed by atoms with van der Waals surface area (Å²) in [5.74, 6) is -2.99. The van der Waals surface area contributed by atoms with Gasteiger partial charge in [-0.1, -0.05) is 6.07 Å². The molecule has 0 aromatic heterocycles. The zero-order valence-electron chi connectivity index (χ0n) is 10.8. The number of alkyl halides is 3. The van der Waals surface area contributed by atoms with Crippen LogP contribution in [0.15, 0.2) is 18.2 Å². The van der Waals surface area contributed by atoms with Crippen LogP contribution < -0.4 is 0 Å². The maximum absolute atomic E-state index is 13.8. The van der Waals surface area contributed by atoms with Gasteiger partial charge in [-0.25, -0.2) is 4.39 Å². The number of carbonyl (C=O) groups excluding carboxylic acids is 1. The normalized spacial score (nSPS) is 12.7. The van der Waals surface area contributed by atoms with Crippen molar-refractivity contribution in [3.8, 4) is 6.07 Å². The van der Waals surface area contributed by atoms with Gasteiger partial charge in [-0.2, -0.15) is 18.4 Å². The van der Waals surface area contributed by atoms with Crippen LogP contribution in [0.3, 0.4) is 0 Å². The summed E-state index contributed by atoms with van der Waals surface area (Å²) in [5, 5.41) is 8.63. The quantitative estimate of drug-likeness (QED) is 0.802. The van der Waals surface area contributed by atoms with E-state index < -0.39 is 34.9 Å². The number of hydrogen-bond donors (Lipinski definition) is 0. The highest BCUT2D eigenvalue weighted by atomic mass is 19.4. The van der Waals surface area contributed by atoms with Crippen LogP contribution in [0.2, 0.25) is 0 Å². The van der Waals surface area contributed by atoms with E-state index in [2.05, 4.69) is 0 Å². The summed E-state index contributed by atoms with van der Waals surface area (Å²) >= 11 is 0. The molecule has 3 nitrogen and oxygen atoms in total. The fraction of sp³-hybridized carbons (Fsp3) is 0.385. The van der Waals surface area contributed by atoms with Crippen molar-refractivity contribution in [2.45, 2.75) is 13.1 Å². The molecule has 1 rings (SSSR count). The minimum absolute atomic E-state index is 0.00498. The van der Waals surface area contributed by atoms with Crippen LogP contribution in [-0.2, 0) is 6.18 Å². The zero-order chi connectivity index (χ0) is 15.5. The molecule has 0 saturated carbocycles. The number of carbonyl (C=O) groups is 1. The molecule has 1 amide bonds. The number of amides is 1. The molecule has 0 radical (unpaired) electrons. The molecule has 1 unspecified atom stereocenters. The lowest BCUT2D eigenvalue weighted by Crippen LogP contribution is -2.31. The first kappa shape index (κ1) is 16.0. The van der Waals surface area contributed by atoms with Gasteiger partial charge in [0.25, 0.3) is 5.91 Å². The Balaban J connectivity index is 3.09. The van der Waals surface area contributed by atoms with Gasteiger partial charge in [0.2, 0.25) is 0 Å². The average molecular weight is 288 g/mol. The lowest BCUT2D eigenvalue weighted by atomic mass is 10.1. The molecule has 0 heterocycles. The zero-order valence-corrected chi connectivity index (χ0v) is 10.8. The molecular formula is C13H12F4N2O. The first-order valence-electron chi connectivity index (χ1n) is 5.69. The lowest BCUT2D eigenvalue weighted by Gasteiger charge is -2.19. The molecule has 0 aliphatic carbocycles. The van der Waals surface area contributed by atoms with E-state index >= 15 is 0 Å². The minimum Gasteiger partial charge on any atom is -0.340 e. The highest BCUT2D eigenvalue weighted by Crippen LogP contribution is 2.32. The van der Waals surface area contributed by atoms with Gasteiger partial charge in [-0.05, 0) is 19.1 Å². The van der Waals surface area contributed by atoms with E-state index in [9.17, 15) is 22.4 Å². The number of benzene rings is 1. The van der Waals surface area contributed by atoms with E-state index in [1.165, 1.54) is 7.05 Å². The summed E-state index contributed by atoms with van der Waals surface area (Å²) in [6, 6.07) is 4.42. The highest BCUT2D eigenvalue weighted by molar-refractivity contribution is 5.94. The number of nitrogens with zero attached hydrogens (tertiary/aromatic N) is 2. The Hall–Kier alpha value is -2.10. The molecule has 0 saturated heterocycles. The van der Waals surface area contributed by atoms with Gasteiger partial charge >= 0.3 is 6.18 Å². The van der Waals surface area contributed by atoms with Crippen LogP contribution in [0.5, 0.6) is 0 Å². The van der Waals surface area contributed by atoms with E-state index in [4.69, 9.17) is 5.26 Å². The number of halogens is 4. The number of hydrogen-bond acceptors (Lipinski definition) is 2. The summed E-state index contributed by atoms with van der Waals surface area (Å²) in [4.78, 5) is 12.9. The monoisotopic (exact) mass is 288 g/mol. The maximum Gasteiger partial charge on any atom is 0.419 e. The van der Waals surface area contributed by atoms with Crippen LogP contribution in [-0.4, -0.2) is 24.4 Å². The third-order valence-electron chi connectivity index (χ3n) is 2.65. The molecule has 0 aliphatic heterocycles. The van der Waals surface area contributed by atoms with Gasteiger partial charge in [-0.3, -0.25) is 4.79 Å². The van der Waals surface area contributed by atoms with E-state index in [-0.39, 0.29) is 6.54 Å². The molecule has 0 fully saturated rings. The van der Waals surface area contributed by atoms with Crippen molar-refractivity contribution in [2.24, 2.45) is 5.92 Å². The molecule has 20 heavy (non-hydrogen) atoms. The fourth-order valence-corrected chi connectivity index (χ4v) is 1.66. The number of rotatable bonds is 3. The first-order chi connectivity index (χ1) is 9.18. The van der Waals surface area contributed by atoms with Crippen molar-refractivity contribution in [3.05, 3.63) is 35.1 Å². The topological polar surface area (TPSA) is 44.1 Å².